The van der Waals surface area contributed by atoms with Crippen LogP contribution in [0.5, 0.6) is 0 Å². The number of nitrogens with two attached hydrogens (primary N) is 1. The zero-order valence-electron chi connectivity index (χ0n) is 9.43. The van der Waals surface area contributed by atoms with Crippen molar-refractivity contribution >= 4 is 11.8 Å². The zero-order valence-corrected chi connectivity index (χ0v) is 10.2. The first-order valence-corrected chi connectivity index (χ1v) is 6.13. The van der Waals surface area contributed by atoms with Crippen LogP contribution in [-0.4, -0.2) is 4.98 Å². The fraction of sp³-hybridized carbons (Fsp3) is 0.154. The van der Waals surface area contributed by atoms with Gasteiger partial charge in [-0.2, -0.15) is 0 Å². The molecule has 0 saturated heterocycles. The molecule has 0 spiro atoms. The Bertz CT molecular complexity index is 500. The molecule has 2 aromatic rings. The Labute approximate surface area is 104 Å². The monoisotopic (exact) mass is 248 g/mol. The summed E-state index contributed by atoms with van der Waals surface area (Å²) in [7, 11) is 0. The molecule has 2 nitrogen and oxygen atoms in total. The van der Waals surface area contributed by atoms with E-state index in [0.717, 1.165) is 10.6 Å². The van der Waals surface area contributed by atoms with Gasteiger partial charge in [-0.3, -0.25) is 0 Å². The predicted octanol–water partition coefficient (Wildman–Crippen LogP) is 3.39. The Morgan fingerprint density at radius 1 is 1.24 bits per heavy atom. The molecule has 0 amide bonds. The normalized spacial score (nSPS) is 12.4. The van der Waals surface area contributed by atoms with Crippen molar-refractivity contribution in [2.75, 3.05) is 0 Å². The van der Waals surface area contributed by atoms with Crippen LogP contribution in [0.3, 0.4) is 0 Å². The Kier molecular flexibility index (Phi) is 3.76. The van der Waals surface area contributed by atoms with Gasteiger partial charge in [0.05, 0.1) is 4.90 Å². The molecule has 2 N–H and O–H groups in total. The molecule has 1 aromatic heterocycles. The van der Waals surface area contributed by atoms with Crippen molar-refractivity contribution in [3.63, 3.8) is 0 Å². The van der Waals surface area contributed by atoms with Crippen LogP contribution in [0.25, 0.3) is 0 Å². The summed E-state index contributed by atoms with van der Waals surface area (Å²) in [5.41, 5.74) is 6.64. The summed E-state index contributed by atoms with van der Waals surface area (Å²) in [6.45, 7) is 1.84. The molecule has 88 valence electrons. The van der Waals surface area contributed by atoms with Crippen molar-refractivity contribution < 1.29 is 4.39 Å². The molecule has 0 bridgehead atoms. The summed E-state index contributed by atoms with van der Waals surface area (Å²) in [6.07, 6.45) is 1.69. The second-order valence-corrected chi connectivity index (χ2v) is 4.75. The minimum atomic E-state index is -0.254. The fourth-order valence-corrected chi connectivity index (χ4v) is 2.51. The predicted molar refractivity (Wildman–Crippen MR) is 67.4 cm³/mol. The highest BCUT2D eigenvalue weighted by Crippen LogP contribution is 2.33. The molecule has 0 fully saturated rings. The minimum Gasteiger partial charge on any atom is -0.324 e. The molecule has 0 aliphatic carbocycles. The topological polar surface area (TPSA) is 38.9 Å². The van der Waals surface area contributed by atoms with Crippen LogP contribution < -0.4 is 5.73 Å². The first-order valence-electron chi connectivity index (χ1n) is 5.31. The zero-order chi connectivity index (χ0) is 12.3. The van der Waals surface area contributed by atoms with Gasteiger partial charge in [0, 0.05) is 12.2 Å². The van der Waals surface area contributed by atoms with E-state index in [9.17, 15) is 4.39 Å². The standard InChI is InChI=1S/C13H13FN2S/c1-9(15)10-5-4-6-11(14)13(10)17-12-7-2-3-8-16-12/h2-9H,15H2,1H3/t9-/m0/s1. The van der Waals surface area contributed by atoms with Gasteiger partial charge in [-0.25, -0.2) is 9.37 Å². The number of aromatic nitrogens is 1. The van der Waals surface area contributed by atoms with Crippen molar-refractivity contribution in [1.82, 2.24) is 4.98 Å². The second kappa shape index (κ2) is 5.29. The highest BCUT2D eigenvalue weighted by Gasteiger charge is 2.13. The van der Waals surface area contributed by atoms with E-state index in [1.165, 1.54) is 17.8 Å². The van der Waals surface area contributed by atoms with Gasteiger partial charge in [0.1, 0.15) is 10.8 Å². The van der Waals surface area contributed by atoms with E-state index in [1.807, 2.05) is 31.2 Å². The van der Waals surface area contributed by atoms with Gasteiger partial charge in [-0.1, -0.05) is 30.0 Å². The average Bonchev–Trinajstić information content (AvgIpc) is 2.33. The van der Waals surface area contributed by atoms with Gasteiger partial charge >= 0.3 is 0 Å². The maximum Gasteiger partial charge on any atom is 0.137 e. The summed E-state index contributed by atoms with van der Waals surface area (Å²) < 4.78 is 13.8. The van der Waals surface area contributed by atoms with E-state index in [0.29, 0.717) is 4.90 Å². The van der Waals surface area contributed by atoms with Crippen LogP contribution in [0.2, 0.25) is 0 Å². The lowest BCUT2D eigenvalue weighted by molar-refractivity contribution is 0.591. The van der Waals surface area contributed by atoms with E-state index in [-0.39, 0.29) is 11.9 Å². The number of halogens is 1. The number of benzene rings is 1. The number of hydrogen-bond donors (Lipinski definition) is 1. The van der Waals surface area contributed by atoms with Crippen LogP contribution in [0.15, 0.2) is 52.5 Å². The third-order valence-corrected chi connectivity index (χ3v) is 3.42. The van der Waals surface area contributed by atoms with Gasteiger partial charge in [0.15, 0.2) is 0 Å². The maximum atomic E-state index is 13.8. The lowest BCUT2D eigenvalue weighted by atomic mass is 10.1. The van der Waals surface area contributed by atoms with Gasteiger partial charge in [0.2, 0.25) is 0 Å². The second-order valence-electron chi connectivity index (χ2n) is 3.72. The molecule has 2 rings (SSSR count). The number of nitrogens with zero attached hydrogens (tertiary/aromatic N) is 1. The summed E-state index contributed by atoms with van der Waals surface area (Å²) >= 11 is 1.30. The smallest absolute Gasteiger partial charge is 0.137 e. The summed E-state index contributed by atoms with van der Waals surface area (Å²) in [6, 6.07) is 10.3. The Morgan fingerprint density at radius 3 is 2.71 bits per heavy atom. The molecule has 0 aliphatic heterocycles. The van der Waals surface area contributed by atoms with Crippen LogP contribution in [0, 0.1) is 5.82 Å². The van der Waals surface area contributed by atoms with E-state index < -0.39 is 0 Å². The van der Waals surface area contributed by atoms with Crippen LogP contribution >= 0.6 is 11.8 Å². The third kappa shape index (κ3) is 2.84. The van der Waals surface area contributed by atoms with E-state index in [4.69, 9.17) is 5.73 Å². The Hall–Kier alpha value is -1.39. The summed E-state index contributed by atoms with van der Waals surface area (Å²) in [5.74, 6) is -0.254. The Balaban J connectivity index is 2.38. The van der Waals surface area contributed by atoms with E-state index >= 15 is 0 Å². The Morgan fingerprint density at radius 2 is 2.06 bits per heavy atom. The highest BCUT2D eigenvalue weighted by molar-refractivity contribution is 7.99. The molecule has 0 unspecified atom stereocenters. The van der Waals surface area contributed by atoms with Crippen LogP contribution in [0.4, 0.5) is 4.39 Å². The molecule has 0 radical (unpaired) electrons. The van der Waals surface area contributed by atoms with Crippen LogP contribution in [-0.2, 0) is 0 Å². The van der Waals surface area contributed by atoms with Crippen molar-refractivity contribution in [3.05, 3.63) is 54.0 Å². The van der Waals surface area contributed by atoms with Gasteiger partial charge in [0.25, 0.3) is 0 Å². The first-order chi connectivity index (χ1) is 8.18. The van der Waals surface area contributed by atoms with E-state index in [1.54, 1.807) is 12.3 Å². The summed E-state index contributed by atoms with van der Waals surface area (Å²) in [4.78, 5) is 4.73. The van der Waals surface area contributed by atoms with Crippen molar-refractivity contribution in [3.8, 4) is 0 Å². The lowest BCUT2D eigenvalue weighted by Crippen LogP contribution is -2.07. The maximum absolute atomic E-state index is 13.8. The lowest BCUT2D eigenvalue weighted by Gasteiger charge is -2.12. The van der Waals surface area contributed by atoms with Gasteiger partial charge in [-0.05, 0) is 30.7 Å². The third-order valence-electron chi connectivity index (χ3n) is 2.33. The summed E-state index contributed by atoms with van der Waals surface area (Å²) in [5, 5.41) is 0.763. The first kappa shape index (κ1) is 12.1. The molecule has 0 aliphatic rings. The molecule has 17 heavy (non-hydrogen) atoms. The van der Waals surface area contributed by atoms with Crippen molar-refractivity contribution in [2.45, 2.75) is 22.9 Å². The molecule has 1 atom stereocenters. The molecule has 1 heterocycles. The molecule has 1 aromatic carbocycles. The largest absolute Gasteiger partial charge is 0.324 e. The van der Waals surface area contributed by atoms with Crippen molar-refractivity contribution in [2.24, 2.45) is 5.73 Å². The quantitative estimate of drug-likeness (QED) is 0.905. The molecular formula is C13H13FN2S. The minimum absolute atomic E-state index is 0.197. The number of pyridine rings is 1. The number of hydrogen-bond acceptors (Lipinski definition) is 3. The highest BCUT2D eigenvalue weighted by atomic mass is 32.2. The average molecular weight is 248 g/mol. The van der Waals surface area contributed by atoms with E-state index in [2.05, 4.69) is 4.98 Å². The van der Waals surface area contributed by atoms with Crippen molar-refractivity contribution in [1.29, 1.82) is 0 Å². The SMILES string of the molecule is C[C@H](N)c1cccc(F)c1Sc1ccccn1. The molecule has 4 heteroatoms. The fourth-order valence-electron chi connectivity index (χ4n) is 1.50. The van der Waals surface area contributed by atoms with Gasteiger partial charge in [-0.15, -0.1) is 0 Å². The molecule has 0 saturated carbocycles. The van der Waals surface area contributed by atoms with Gasteiger partial charge < -0.3 is 5.73 Å². The number of rotatable bonds is 3. The van der Waals surface area contributed by atoms with Crippen LogP contribution in [0.1, 0.15) is 18.5 Å². The molecular weight excluding hydrogens is 235 g/mol.